The summed E-state index contributed by atoms with van der Waals surface area (Å²) in [5.41, 5.74) is 9.02. The Morgan fingerprint density at radius 3 is 2.33 bits per heavy atom. The Hall–Kier alpha value is -6.50. The summed E-state index contributed by atoms with van der Waals surface area (Å²) in [4.78, 5) is 58.6. The molecule has 0 bridgehead atoms. The number of halogens is 2. The van der Waals surface area contributed by atoms with E-state index in [1.165, 1.54) is 6.07 Å². The zero-order valence-corrected chi connectivity index (χ0v) is 45.4. The maximum absolute atomic E-state index is 14.7. The van der Waals surface area contributed by atoms with Gasteiger partial charge < -0.3 is 39.8 Å². The minimum atomic E-state index is -2.75. The number of nitrogens with zero attached hydrogens (tertiary/aromatic N) is 6. The molecule has 2 aliphatic rings. The molecule has 3 N–H and O–H groups in total. The van der Waals surface area contributed by atoms with Gasteiger partial charge in [0, 0.05) is 67.8 Å². The van der Waals surface area contributed by atoms with E-state index in [-0.39, 0.29) is 42.0 Å². The Balaban J connectivity index is 0.000000315. The standard InChI is InChI=1S/C39H51F2N5O5.C18H23N3O2S/c1-26(2)33(25-48)43-38(49)13-11-9-7-8-10-12-14-45-23-28(22-42-45)30-21-37-36(20-31(30)39(40)41)46(15-16-51-37)35-19-29(50-6)18-34(44(4)5)32(35)17-27(3)24-47;1-12-17(24-11-19-12)14-7-5-13(6-8-14)15(10-22)20-18(23)16-4-3-9-21(16)2/h17-26,33,39H,7-16H2,1-6H3,(H,43,49);5-8,11,15-16,22H,3-4,9-10H2,1-2H3,(H,20,23)/b27-17-;. The highest BCUT2D eigenvalue weighted by molar-refractivity contribution is 7.13. The highest BCUT2D eigenvalue weighted by Crippen LogP contribution is 2.47. The van der Waals surface area contributed by atoms with Crippen LogP contribution in [0.3, 0.4) is 0 Å². The maximum Gasteiger partial charge on any atom is 0.264 e. The second-order valence-corrected chi connectivity index (χ2v) is 20.7. The third-order valence-electron chi connectivity index (χ3n) is 13.7. The molecule has 75 heavy (non-hydrogen) atoms. The van der Waals surface area contributed by atoms with Crippen molar-refractivity contribution in [1.29, 1.82) is 0 Å². The molecular formula is C57H74F2N8O7S. The van der Waals surface area contributed by atoms with Crippen LogP contribution >= 0.6 is 11.3 Å². The van der Waals surface area contributed by atoms with Gasteiger partial charge in [-0.15, -0.1) is 11.3 Å². The van der Waals surface area contributed by atoms with Gasteiger partial charge in [-0.2, -0.15) is 5.10 Å². The van der Waals surface area contributed by atoms with Crippen molar-refractivity contribution in [2.24, 2.45) is 5.92 Å². The number of likely N-dealkylation sites (N-methyl/N-ethyl adjacent to an activating group) is 1. The summed E-state index contributed by atoms with van der Waals surface area (Å²) in [6.07, 6.45) is 12.0. The Bertz CT molecular complexity index is 2720. The quantitative estimate of drug-likeness (QED) is 0.0304. The molecular weight excluding hydrogens is 979 g/mol. The van der Waals surface area contributed by atoms with Crippen LogP contribution in [-0.4, -0.2) is 116 Å². The van der Waals surface area contributed by atoms with Gasteiger partial charge in [-0.1, -0.05) is 63.8 Å². The van der Waals surface area contributed by atoms with Gasteiger partial charge in [0.1, 0.15) is 30.7 Å². The number of anilines is 3. The van der Waals surface area contributed by atoms with Crippen molar-refractivity contribution in [2.45, 2.75) is 117 Å². The van der Waals surface area contributed by atoms with Crippen molar-refractivity contribution in [2.75, 3.05) is 64.4 Å². The van der Waals surface area contributed by atoms with Crippen LogP contribution in [-0.2, 0) is 25.7 Å². The minimum absolute atomic E-state index is 0.00331. The lowest BCUT2D eigenvalue weighted by atomic mass is 9.98. The molecule has 18 heteroatoms. The normalized spacial score (nSPS) is 15.4. The molecule has 404 valence electrons. The van der Waals surface area contributed by atoms with E-state index < -0.39 is 12.5 Å². The van der Waals surface area contributed by atoms with Crippen LogP contribution in [0.2, 0.25) is 0 Å². The number of aldehydes is 2. The minimum Gasteiger partial charge on any atom is -0.497 e. The fourth-order valence-corrected chi connectivity index (χ4v) is 10.2. The molecule has 0 spiro atoms. The molecule has 0 aliphatic carbocycles. The van der Waals surface area contributed by atoms with Crippen molar-refractivity contribution in [3.63, 3.8) is 0 Å². The molecule has 2 aromatic heterocycles. The molecule has 3 unspecified atom stereocenters. The first-order valence-corrected chi connectivity index (χ1v) is 26.7. The number of benzene rings is 3. The number of ether oxygens (including phenoxy) is 2. The van der Waals surface area contributed by atoms with Gasteiger partial charge in [0.15, 0.2) is 0 Å². The van der Waals surface area contributed by atoms with Gasteiger partial charge in [-0.25, -0.2) is 13.8 Å². The SMILES string of the molecule is COc1cc(N(C)C)c(/C=C(/C)C=O)c(N2CCOc3cc(-c4cnn(CCCCCCCCC(=O)NC(C=O)C(C)C)c4)c(C(F)F)cc32)c1.Cc1ncsc1-c1ccc(C(CO)NC(=O)C2CCCN2C)cc1. The predicted octanol–water partition coefficient (Wildman–Crippen LogP) is 10.1. The summed E-state index contributed by atoms with van der Waals surface area (Å²) in [6.45, 7) is 9.76. The number of rotatable bonds is 24. The average molecular weight is 1050 g/mol. The van der Waals surface area contributed by atoms with Gasteiger partial charge in [-0.05, 0) is 99.5 Å². The van der Waals surface area contributed by atoms with Gasteiger partial charge in [-0.3, -0.25) is 24.0 Å². The van der Waals surface area contributed by atoms with E-state index in [2.05, 4.69) is 25.6 Å². The summed E-state index contributed by atoms with van der Waals surface area (Å²) in [7, 11) is 7.34. The van der Waals surface area contributed by atoms with Crippen molar-refractivity contribution in [3.05, 3.63) is 94.4 Å². The van der Waals surface area contributed by atoms with Gasteiger partial charge in [0.2, 0.25) is 11.8 Å². The van der Waals surface area contributed by atoms with E-state index in [1.54, 1.807) is 54.6 Å². The Kier molecular flexibility index (Phi) is 21.5. The number of nitrogens with one attached hydrogen (secondary N) is 2. The summed E-state index contributed by atoms with van der Waals surface area (Å²) >= 11 is 1.61. The number of alkyl halides is 2. The number of likely N-dealkylation sites (tertiary alicyclic amines) is 1. The van der Waals surface area contributed by atoms with Crippen LogP contribution in [0.25, 0.3) is 27.6 Å². The number of allylic oxidation sites excluding steroid dienone is 1. The predicted molar refractivity (Wildman–Crippen MR) is 293 cm³/mol. The molecule has 3 aromatic carbocycles. The number of fused-ring (bicyclic) bond motifs is 1. The number of thiazole rings is 1. The molecule has 1 saturated heterocycles. The van der Waals surface area contributed by atoms with E-state index in [1.807, 2.05) is 93.6 Å². The fourth-order valence-electron chi connectivity index (χ4n) is 9.37. The first-order chi connectivity index (χ1) is 36.1. The Labute approximate surface area is 444 Å². The molecule has 1 fully saturated rings. The largest absolute Gasteiger partial charge is 0.497 e. The zero-order valence-electron chi connectivity index (χ0n) is 44.6. The Morgan fingerprint density at radius 1 is 0.987 bits per heavy atom. The third kappa shape index (κ3) is 15.3. The highest BCUT2D eigenvalue weighted by Gasteiger charge is 2.31. The topological polar surface area (TPSA) is 171 Å². The van der Waals surface area contributed by atoms with Crippen LogP contribution in [0.4, 0.5) is 25.8 Å². The third-order valence-corrected chi connectivity index (χ3v) is 14.7. The number of aliphatic hydroxyl groups is 1. The highest BCUT2D eigenvalue weighted by atomic mass is 32.1. The summed E-state index contributed by atoms with van der Waals surface area (Å²) in [6, 6.07) is 14.0. The molecule has 2 amide bonds. The van der Waals surface area contributed by atoms with E-state index in [0.29, 0.717) is 65.7 Å². The summed E-state index contributed by atoms with van der Waals surface area (Å²) in [5, 5.41) is 19.9. The van der Waals surface area contributed by atoms with Crippen molar-refractivity contribution >= 4 is 58.9 Å². The van der Waals surface area contributed by atoms with E-state index in [0.717, 1.165) is 103 Å². The number of methoxy groups -OCH3 is 1. The average Bonchev–Trinajstić information content (AvgIpc) is 4.19. The van der Waals surface area contributed by atoms with E-state index in [4.69, 9.17) is 9.47 Å². The second kappa shape index (κ2) is 27.9. The maximum atomic E-state index is 14.7. The summed E-state index contributed by atoms with van der Waals surface area (Å²) in [5.74, 6) is 1.05. The first-order valence-electron chi connectivity index (χ1n) is 25.9. The number of aryl methyl sites for hydroxylation is 2. The number of amides is 2. The first kappa shape index (κ1) is 57.8. The van der Waals surface area contributed by atoms with E-state index in [9.17, 15) is 33.1 Å². The van der Waals surface area contributed by atoms with Crippen LogP contribution in [0.15, 0.2) is 72.0 Å². The van der Waals surface area contributed by atoms with Crippen molar-refractivity contribution < 1.29 is 42.5 Å². The molecule has 7 rings (SSSR count). The lowest BCUT2D eigenvalue weighted by Gasteiger charge is -2.34. The number of hydrogen-bond acceptors (Lipinski definition) is 13. The monoisotopic (exact) mass is 1050 g/mol. The molecule has 3 atom stereocenters. The van der Waals surface area contributed by atoms with Gasteiger partial charge >= 0.3 is 0 Å². The van der Waals surface area contributed by atoms with Crippen molar-refractivity contribution in [1.82, 2.24) is 30.3 Å². The number of carbonyl (C=O) groups excluding carboxylic acids is 4. The van der Waals surface area contributed by atoms with Crippen LogP contribution in [0, 0.1) is 12.8 Å². The Morgan fingerprint density at radius 2 is 1.72 bits per heavy atom. The number of hydrogen-bond donors (Lipinski definition) is 3. The van der Waals surface area contributed by atoms with Gasteiger partial charge in [0.05, 0.1) is 72.0 Å². The molecule has 5 aromatic rings. The molecule has 2 aliphatic heterocycles. The van der Waals surface area contributed by atoms with Crippen LogP contribution in [0.5, 0.6) is 11.5 Å². The molecule has 0 saturated carbocycles. The second-order valence-electron chi connectivity index (χ2n) is 19.8. The fraction of sp³-hybridized carbons (Fsp3) is 0.474. The lowest BCUT2D eigenvalue weighted by Crippen LogP contribution is -2.43. The zero-order chi connectivity index (χ0) is 54.2. The smallest absolute Gasteiger partial charge is 0.264 e. The number of carbonyl (C=O) groups is 4. The molecule has 15 nitrogen and oxygen atoms in total. The number of aliphatic hydroxyl groups excluding tert-OH is 1. The summed E-state index contributed by atoms with van der Waals surface area (Å²) < 4.78 is 42.9. The van der Waals surface area contributed by atoms with Gasteiger partial charge in [0.25, 0.3) is 6.43 Å². The van der Waals surface area contributed by atoms with E-state index >= 15 is 0 Å². The molecule has 4 heterocycles. The van der Waals surface area contributed by atoms with Crippen molar-refractivity contribution in [3.8, 4) is 33.1 Å². The number of unbranched alkanes of at least 4 members (excludes halogenated alkanes) is 5. The molecule has 0 radical (unpaired) electrons. The van der Waals surface area contributed by atoms with Crippen LogP contribution in [0.1, 0.15) is 113 Å². The van der Waals surface area contributed by atoms with Crippen LogP contribution < -0.4 is 29.9 Å². The number of aromatic nitrogens is 3. The lowest BCUT2D eigenvalue weighted by molar-refractivity contribution is -0.126.